The maximum atomic E-state index is 11.9. The van der Waals surface area contributed by atoms with Gasteiger partial charge in [-0.25, -0.2) is 9.79 Å². The van der Waals surface area contributed by atoms with Gasteiger partial charge < -0.3 is 4.74 Å². The summed E-state index contributed by atoms with van der Waals surface area (Å²) in [6.07, 6.45) is 4.74. The van der Waals surface area contributed by atoms with E-state index in [9.17, 15) is 14.9 Å². The summed E-state index contributed by atoms with van der Waals surface area (Å²) < 4.78 is 5.07. The Labute approximate surface area is 147 Å². The molecule has 0 saturated heterocycles. The third-order valence-corrected chi connectivity index (χ3v) is 3.56. The molecule has 2 aromatic carbocycles. The number of halogens is 1. The maximum Gasteiger partial charge on any atom is 0.363 e. The maximum absolute atomic E-state index is 11.9. The summed E-state index contributed by atoms with van der Waals surface area (Å²) in [6, 6.07) is 13.0. The lowest BCUT2D eigenvalue weighted by atomic mass is 10.2. The fraction of sp³-hybridized carbons (Fsp3) is 0. The molecular weight excluding hydrogens is 344 g/mol. The van der Waals surface area contributed by atoms with Crippen LogP contribution in [0, 0.1) is 10.1 Å². The summed E-state index contributed by atoms with van der Waals surface area (Å²) in [5.74, 6) is -0.459. The molecule has 0 aliphatic carbocycles. The first-order chi connectivity index (χ1) is 12.0. The molecule has 124 valence electrons. The highest BCUT2D eigenvalue weighted by atomic mass is 35.5. The van der Waals surface area contributed by atoms with Crippen molar-refractivity contribution in [2.45, 2.75) is 0 Å². The largest absolute Gasteiger partial charge is 0.403 e. The lowest BCUT2D eigenvalue weighted by Crippen LogP contribution is -2.01. The van der Waals surface area contributed by atoms with E-state index >= 15 is 0 Å². The Morgan fingerprint density at radius 1 is 1.08 bits per heavy atom. The number of hydrogen-bond acceptors (Lipinski definition) is 5. The zero-order valence-corrected chi connectivity index (χ0v) is 13.5. The van der Waals surface area contributed by atoms with Crippen LogP contribution in [0.4, 0.5) is 5.69 Å². The van der Waals surface area contributed by atoms with Crippen LogP contribution in [0.2, 0.25) is 5.02 Å². The van der Waals surface area contributed by atoms with Gasteiger partial charge in [-0.15, -0.1) is 0 Å². The molecule has 0 amide bonds. The lowest BCUT2D eigenvalue weighted by molar-refractivity contribution is -0.384. The molecule has 0 spiro atoms. The van der Waals surface area contributed by atoms with Gasteiger partial charge in [-0.1, -0.05) is 35.9 Å². The fourth-order valence-corrected chi connectivity index (χ4v) is 2.25. The van der Waals surface area contributed by atoms with Gasteiger partial charge in [0, 0.05) is 23.2 Å². The molecule has 25 heavy (non-hydrogen) atoms. The number of nitro benzene ring substituents is 1. The number of cyclic esters (lactones) is 1. The number of rotatable bonds is 4. The van der Waals surface area contributed by atoms with Crippen molar-refractivity contribution in [1.82, 2.24) is 0 Å². The van der Waals surface area contributed by atoms with Crippen LogP contribution in [0.25, 0.3) is 12.2 Å². The quantitative estimate of drug-likeness (QED) is 0.355. The van der Waals surface area contributed by atoms with Crippen LogP contribution in [0.3, 0.4) is 0 Å². The monoisotopic (exact) mass is 354 g/mol. The molecule has 2 aromatic rings. The first kappa shape index (κ1) is 16.6. The summed E-state index contributed by atoms with van der Waals surface area (Å²) in [7, 11) is 0. The number of benzene rings is 2. The molecule has 1 aliphatic heterocycles. The van der Waals surface area contributed by atoms with Crippen molar-refractivity contribution in [2.24, 2.45) is 4.99 Å². The molecular formula is C18H11ClN2O4. The summed E-state index contributed by atoms with van der Waals surface area (Å²) in [4.78, 5) is 26.3. The molecule has 6 nitrogen and oxygen atoms in total. The van der Waals surface area contributed by atoms with E-state index in [1.165, 1.54) is 24.3 Å². The van der Waals surface area contributed by atoms with Gasteiger partial charge in [-0.3, -0.25) is 10.1 Å². The highest BCUT2D eigenvalue weighted by Crippen LogP contribution is 2.20. The van der Waals surface area contributed by atoms with E-state index in [0.717, 1.165) is 5.56 Å². The molecule has 0 aromatic heterocycles. The molecule has 0 N–H and O–H groups in total. The van der Waals surface area contributed by atoms with Gasteiger partial charge in [-0.05, 0) is 35.4 Å². The van der Waals surface area contributed by atoms with Crippen LogP contribution in [0.1, 0.15) is 11.1 Å². The number of carbonyl (C=O) groups excluding carboxylic acids is 1. The van der Waals surface area contributed by atoms with Crippen molar-refractivity contribution >= 4 is 41.3 Å². The Morgan fingerprint density at radius 2 is 1.84 bits per heavy atom. The number of esters is 1. The highest BCUT2D eigenvalue weighted by molar-refractivity contribution is 6.30. The molecule has 1 aliphatic rings. The molecule has 0 saturated carbocycles. The fourth-order valence-electron chi connectivity index (χ4n) is 2.12. The third kappa shape index (κ3) is 4.19. The van der Waals surface area contributed by atoms with Crippen molar-refractivity contribution in [3.63, 3.8) is 0 Å². The van der Waals surface area contributed by atoms with Crippen LogP contribution < -0.4 is 0 Å². The van der Waals surface area contributed by atoms with Crippen molar-refractivity contribution in [3.8, 4) is 0 Å². The summed E-state index contributed by atoms with van der Waals surface area (Å²) in [5, 5.41) is 11.4. The van der Waals surface area contributed by atoms with E-state index in [1.54, 1.807) is 30.4 Å². The Balaban J connectivity index is 1.81. The predicted molar refractivity (Wildman–Crippen MR) is 95.1 cm³/mol. The topological polar surface area (TPSA) is 81.8 Å². The molecule has 0 unspecified atom stereocenters. The average Bonchev–Trinajstić information content (AvgIpc) is 2.94. The van der Waals surface area contributed by atoms with Gasteiger partial charge in [0.1, 0.15) is 0 Å². The number of hydrogen-bond donors (Lipinski definition) is 0. The van der Waals surface area contributed by atoms with Gasteiger partial charge in [0.05, 0.1) is 4.92 Å². The van der Waals surface area contributed by atoms with Crippen molar-refractivity contribution < 1.29 is 14.5 Å². The van der Waals surface area contributed by atoms with E-state index in [2.05, 4.69) is 4.99 Å². The minimum atomic E-state index is -0.609. The summed E-state index contributed by atoms with van der Waals surface area (Å²) in [5.41, 5.74) is 1.39. The van der Waals surface area contributed by atoms with Crippen LogP contribution >= 0.6 is 11.6 Å². The predicted octanol–water partition coefficient (Wildman–Crippen LogP) is 4.26. The molecule has 0 fully saturated rings. The zero-order chi connectivity index (χ0) is 17.8. The highest BCUT2D eigenvalue weighted by Gasteiger charge is 2.21. The second-order valence-electron chi connectivity index (χ2n) is 5.11. The molecule has 1 heterocycles. The Bertz CT molecular complexity index is 930. The first-order valence-corrected chi connectivity index (χ1v) is 7.60. The van der Waals surface area contributed by atoms with Gasteiger partial charge in [0.15, 0.2) is 5.70 Å². The number of ether oxygens (including phenoxy) is 1. The molecule has 0 radical (unpaired) electrons. The SMILES string of the molecule is O=C1OC(C=Cc2ccc(Cl)cc2)=NC1=Cc1cccc([N+](=O)[O-])c1. The minimum absolute atomic E-state index is 0.0625. The number of carbonyl (C=O) groups is 1. The van der Waals surface area contributed by atoms with E-state index in [1.807, 2.05) is 12.1 Å². The number of nitrogens with zero attached hydrogens (tertiary/aromatic N) is 2. The number of nitro groups is 1. The normalized spacial score (nSPS) is 15.5. The smallest absolute Gasteiger partial charge is 0.363 e. The van der Waals surface area contributed by atoms with Crippen molar-refractivity contribution in [2.75, 3.05) is 0 Å². The van der Waals surface area contributed by atoms with Crippen LogP contribution in [0.5, 0.6) is 0 Å². The van der Waals surface area contributed by atoms with Crippen LogP contribution in [-0.4, -0.2) is 16.8 Å². The van der Waals surface area contributed by atoms with Crippen molar-refractivity contribution in [3.05, 3.63) is 86.6 Å². The molecule has 3 rings (SSSR count). The van der Waals surface area contributed by atoms with Gasteiger partial charge in [-0.2, -0.15) is 0 Å². The summed E-state index contributed by atoms with van der Waals surface area (Å²) >= 11 is 5.82. The number of non-ortho nitro benzene ring substituents is 1. The minimum Gasteiger partial charge on any atom is -0.403 e. The second-order valence-corrected chi connectivity index (χ2v) is 5.54. The first-order valence-electron chi connectivity index (χ1n) is 7.22. The van der Waals surface area contributed by atoms with Gasteiger partial charge in [0.25, 0.3) is 5.69 Å². The lowest BCUT2D eigenvalue weighted by Gasteiger charge is -1.95. The van der Waals surface area contributed by atoms with Crippen molar-refractivity contribution in [1.29, 1.82) is 0 Å². The van der Waals surface area contributed by atoms with Crippen LogP contribution in [0.15, 0.2) is 65.3 Å². The molecule has 7 heteroatoms. The third-order valence-electron chi connectivity index (χ3n) is 3.31. The van der Waals surface area contributed by atoms with Gasteiger partial charge in [0.2, 0.25) is 5.90 Å². The number of aliphatic imine (C=N–C) groups is 1. The Kier molecular flexibility index (Phi) is 4.72. The van der Waals surface area contributed by atoms with E-state index in [-0.39, 0.29) is 17.3 Å². The van der Waals surface area contributed by atoms with E-state index < -0.39 is 10.9 Å². The Hall–Kier alpha value is -3.25. The molecule has 0 bridgehead atoms. The Morgan fingerprint density at radius 3 is 2.56 bits per heavy atom. The average molecular weight is 355 g/mol. The second kappa shape index (κ2) is 7.11. The zero-order valence-electron chi connectivity index (χ0n) is 12.8. The van der Waals surface area contributed by atoms with Gasteiger partial charge >= 0.3 is 5.97 Å². The van der Waals surface area contributed by atoms with Crippen LogP contribution in [-0.2, 0) is 9.53 Å². The standard InChI is InChI=1S/C18H11ClN2O4/c19-14-7-4-12(5-8-14)6-9-17-20-16(18(22)25-17)11-13-2-1-3-15(10-13)21(23)24/h1-11H. The van der Waals surface area contributed by atoms with E-state index in [0.29, 0.717) is 10.6 Å². The van der Waals surface area contributed by atoms with E-state index in [4.69, 9.17) is 16.3 Å². The summed E-state index contributed by atoms with van der Waals surface area (Å²) in [6.45, 7) is 0. The molecule has 0 atom stereocenters.